The molecule has 1 aliphatic rings. The number of ether oxygens (including phenoxy) is 1. The highest BCUT2D eigenvalue weighted by atomic mass is 79.9. The summed E-state index contributed by atoms with van der Waals surface area (Å²) in [7, 11) is 0. The fourth-order valence-corrected chi connectivity index (χ4v) is 1.12. The number of aliphatic hydroxyl groups is 4. The van der Waals surface area contributed by atoms with E-state index in [0.717, 1.165) is 0 Å². The fraction of sp³-hybridized carbons (Fsp3) is 1.00. The lowest BCUT2D eigenvalue weighted by atomic mass is 9.98. The molecule has 1 aliphatic heterocycles. The molecule has 0 aliphatic carbocycles. The first-order valence-electron chi connectivity index (χ1n) is 3.64. The van der Waals surface area contributed by atoms with Gasteiger partial charge in [-0.15, -0.1) is 17.0 Å². The van der Waals surface area contributed by atoms with Gasteiger partial charge in [0, 0.05) is 0 Å². The van der Waals surface area contributed by atoms with Gasteiger partial charge < -0.3 is 30.9 Å². The quantitative estimate of drug-likeness (QED) is 0.351. The van der Waals surface area contributed by atoms with Crippen LogP contribution >= 0.6 is 17.0 Å². The molecule has 7 heteroatoms. The Balaban J connectivity index is 0.00000144. The maximum Gasteiger partial charge on any atom is 0.173 e. The van der Waals surface area contributed by atoms with E-state index in [1.54, 1.807) is 0 Å². The van der Waals surface area contributed by atoms with Gasteiger partial charge in [0.15, 0.2) is 6.29 Å². The summed E-state index contributed by atoms with van der Waals surface area (Å²) in [5, 5.41) is 36.1. The number of rotatable bonds is 1. The first kappa shape index (κ1) is 13.2. The Labute approximate surface area is 85.7 Å². The molecule has 1 unspecified atom stereocenters. The van der Waals surface area contributed by atoms with Gasteiger partial charge in [-0.2, -0.15) is 0 Å². The van der Waals surface area contributed by atoms with Gasteiger partial charge in [0.1, 0.15) is 18.3 Å². The normalized spacial score (nSPS) is 45.5. The van der Waals surface area contributed by atoms with E-state index in [9.17, 15) is 10.2 Å². The third-order valence-corrected chi connectivity index (χ3v) is 1.95. The van der Waals surface area contributed by atoms with Crippen LogP contribution in [-0.2, 0) is 4.74 Å². The number of hydrogen-bond acceptors (Lipinski definition) is 6. The average Bonchev–Trinajstić information content (AvgIpc) is 2.08. The standard InChI is InChI=1S/C6H13NO5.BrH/c7-3-5(10)4(9)2(1-8)12-6(3)11;/h2-6,8-11H,1,7H2;1H/t2-,3+,4-,5-,6?;/m1./s1. The van der Waals surface area contributed by atoms with Crippen LogP contribution in [0, 0.1) is 0 Å². The highest BCUT2D eigenvalue weighted by Gasteiger charge is 2.41. The molecule has 0 spiro atoms. The summed E-state index contributed by atoms with van der Waals surface area (Å²) in [6.07, 6.45) is -4.85. The largest absolute Gasteiger partial charge is 0.394 e. The van der Waals surface area contributed by atoms with Gasteiger partial charge in [0.05, 0.1) is 12.6 Å². The van der Waals surface area contributed by atoms with Crippen molar-refractivity contribution in [3.05, 3.63) is 0 Å². The number of halogens is 1. The lowest BCUT2D eigenvalue weighted by Gasteiger charge is -2.38. The van der Waals surface area contributed by atoms with Crippen LogP contribution in [0.3, 0.4) is 0 Å². The second kappa shape index (κ2) is 5.20. The van der Waals surface area contributed by atoms with E-state index >= 15 is 0 Å². The predicted octanol–water partition coefficient (Wildman–Crippen LogP) is -2.68. The topological polar surface area (TPSA) is 116 Å². The van der Waals surface area contributed by atoms with E-state index in [1.807, 2.05) is 0 Å². The molecule has 0 bridgehead atoms. The minimum absolute atomic E-state index is 0. The van der Waals surface area contributed by atoms with Crippen molar-refractivity contribution in [3.8, 4) is 0 Å². The van der Waals surface area contributed by atoms with E-state index in [4.69, 9.17) is 20.7 Å². The zero-order valence-corrected chi connectivity index (χ0v) is 8.49. The molecule has 13 heavy (non-hydrogen) atoms. The number of nitrogens with two attached hydrogens (primary N) is 1. The molecular formula is C6H14BrNO5. The summed E-state index contributed by atoms with van der Waals surface area (Å²) >= 11 is 0. The van der Waals surface area contributed by atoms with Gasteiger partial charge in [0.2, 0.25) is 0 Å². The molecule has 0 saturated carbocycles. The van der Waals surface area contributed by atoms with Crippen LogP contribution in [-0.4, -0.2) is 57.7 Å². The first-order valence-corrected chi connectivity index (χ1v) is 3.64. The fourth-order valence-electron chi connectivity index (χ4n) is 1.12. The molecule has 5 atom stereocenters. The van der Waals surface area contributed by atoms with E-state index in [2.05, 4.69) is 0 Å². The van der Waals surface area contributed by atoms with Crippen molar-refractivity contribution in [1.29, 1.82) is 0 Å². The van der Waals surface area contributed by atoms with Crippen LogP contribution in [0.5, 0.6) is 0 Å². The molecule has 0 amide bonds. The minimum Gasteiger partial charge on any atom is -0.394 e. The van der Waals surface area contributed by atoms with Crippen molar-refractivity contribution in [2.75, 3.05) is 6.61 Å². The molecule has 0 aromatic carbocycles. The smallest absolute Gasteiger partial charge is 0.173 e. The molecular weight excluding hydrogens is 246 g/mol. The molecule has 1 saturated heterocycles. The van der Waals surface area contributed by atoms with Crippen molar-refractivity contribution < 1.29 is 25.2 Å². The van der Waals surface area contributed by atoms with Crippen molar-refractivity contribution in [1.82, 2.24) is 0 Å². The summed E-state index contributed by atoms with van der Waals surface area (Å²) in [5.41, 5.74) is 5.26. The SMILES string of the molecule is Br.N[C@@H]1C(O)O[C@H](CO)[C@@H](O)[C@@H]1O. The van der Waals surface area contributed by atoms with Gasteiger partial charge in [0.25, 0.3) is 0 Å². The number of hydrogen-bond donors (Lipinski definition) is 5. The Morgan fingerprint density at radius 2 is 1.69 bits per heavy atom. The first-order chi connectivity index (χ1) is 5.57. The highest BCUT2D eigenvalue weighted by Crippen LogP contribution is 2.17. The van der Waals surface area contributed by atoms with E-state index < -0.39 is 37.3 Å². The zero-order chi connectivity index (χ0) is 9.30. The molecule has 0 radical (unpaired) electrons. The van der Waals surface area contributed by atoms with Gasteiger partial charge in [-0.05, 0) is 0 Å². The maximum atomic E-state index is 9.20. The van der Waals surface area contributed by atoms with Gasteiger partial charge in [-0.25, -0.2) is 0 Å². The Bertz CT molecular complexity index is 155. The minimum atomic E-state index is -1.35. The summed E-state index contributed by atoms with van der Waals surface area (Å²) in [6.45, 7) is -0.470. The molecule has 80 valence electrons. The second-order valence-electron chi connectivity index (χ2n) is 2.81. The van der Waals surface area contributed by atoms with E-state index in [1.165, 1.54) is 0 Å². The zero-order valence-electron chi connectivity index (χ0n) is 6.78. The highest BCUT2D eigenvalue weighted by molar-refractivity contribution is 8.93. The molecule has 0 aromatic rings. The maximum absolute atomic E-state index is 9.20. The Morgan fingerprint density at radius 1 is 1.15 bits per heavy atom. The lowest BCUT2D eigenvalue weighted by Crippen LogP contribution is -2.61. The molecule has 1 rings (SSSR count). The predicted molar refractivity (Wildman–Crippen MR) is 48.3 cm³/mol. The average molecular weight is 260 g/mol. The van der Waals surface area contributed by atoms with Crippen LogP contribution in [0.1, 0.15) is 0 Å². The van der Waals surface area contributed by atoms with Crippen LogP contribution < -0.4 is 5.73 Å². The summed E-state index contributed by atoms with van der Waals surface area (Å²) in [5.74, 6) is 0. The molecule has 6 N–H and O–H groups in total. The van der Waals surface area contributed by atoms with Crippen LogP contribution in [0.4, 0.5) is 0 Å². The van der Waals surface area contributed by atoms with Crippen LogP contribution in [0.25, 0.3) is 0 Å². The Hall–Kier alpha value is 0.240. The molecule has 1 fully saturated rings. The third-order valence-electron chi connectivity index (χ3n) is 1.95. The second-order valence-corrected chi connectivity index (χ2v) is 2.81. The van der Waals surface area contributed by atoms with Gasteiger partial charge in [-0.1, -0.05) is 0 Å². The van der Waals surface area contributed by atoms with E-state index in [-0.39, 0.29) is 17.0 Å². The lowest BCUT2D eigenvalue weighted by molar-refractivity contribution is -0.248. The summed E-state index contributed by atoms with van der Waals surface area (Å²) in [6, 6.07) is -1.04. The Morgan fingerprint density at radius 3 is 2.15 bits per heavy atom. The third kappa shape index (κ3) is 2.59. The molecule has 6 nitrogen and oxygen atoms in total. The summed E-state index contributed by atoms with van der Waals surface area (Å²) in [4.78, 5) is 0. The summed E-state index contributed by atoms with van der Waals surface area (Å²) < 4.78 is 4.70. The molecule has 0 aromatic heterocycles. The van der Waals surface area contributed by atoms with Crippen molar-refractivity contribution in [2.45, 2.75) is 30.6 Å². The van der Waals surface area contributed by atoms with Gasteiger partial charge >= 0.3 is 0 Å². The monoisotopic (exact) mass is 259 g/mol. The van der Waals surface area contributed by atoms with Crippen molar-refractivity contribution >= 4 is 17.0 Å². The number of aliphatic hydroxyl groups excluding tert-OH is 4. The van der Waals surface area contributed by atoms with E-state index in [0.29, 0.717) is 0 Å². The Kier molecular flexibility index (Phi) is 5.30. The van der Waals surface area contributed by atoms with Gasteiger partial charge in [-0.3, -0.25) is 0 Å². The van der Waals surface area contributed by atoms with Crippen LogP contribution in [0.15, 0.2) is 0 Å². The molecule has 1 heterocycles. The van der Waals surface area contributed by atoms with Crippen molar-refractivity contribution in [2.24, 2.45) is 5.73 Å². The van der Waals surface area contributed by atoms with Crippen LogP contribution in [0.2, 0.25) is 0 Å². The van der Waals surface area contributed by atoms with Crippen molar-refractivity contribution in [3.63, 3.8) is 0 Å².